The lowest BCUT2D eigenvalue weighted by Crippen LogP contribution is -2.15. The summed E-state index contributed by atoms with van der Waals surface area (Å²) in [5.41, 5.74) is 5.56. The zero-order valence-corrected chi connectivity index (χ0v) is 5.17. The lowest BCUT2D eigenvalue weighted by Gasteiger charge is -2.03. The number of hydrogen-bond acceptors (Lipinski definition) is 2. The maximum absolute atomic E-state index is 9.09. The molecule has 2 nitrogen and oxygen atoms in total. The molecule has 1 aliphatic carbocycles. The Morgan fingerprint density at radius 3 is 2.25 bits per heavy atom. The summed E-state index contributed by atoms with van der Waals surface area (Å²) < 4.78 is 0. The van der Waals surface area contributed by atoms with Crippen molar-refractivity contribution in [3.8, 4) is 0 Å². The summed E-state index contributed by atoms with van der Waals surface area (Å²) in [7, 11) is 0. The van der Waals surface area contributed by atoms with Gasteiger partial charge in [0.25, 0.3) is 0 Å². The SMILES string of the molecule is CC1CC(N)CC1O. The molecule has 0 spiro atoms. The molecule has 1 rings (SSSR count). The summed E-state index contributed by atoms with van der Waals surface area (Å²) in [6, 6.07) is 0.250. The molecule has 0 aromatic heterocycles. The Labute approximate surface area is 49.7 Å². The first kappa shape index (κ1) is 6.05. The predicted molar refractivity (Wildman–Crippen MR) is 32.4 cm³/mol. The summed E-state index contributed by atoms with van der Waals surface area (Å²) >= 11 is 0. The second kappa shape index (κ2) is 2.03. The minimum absolute atomic E-state index is 0.134. The Morgan fingerprint density at radius 2 is 2.12 bits per heavy atom. The van der Waals surface area contributed by atoms with Gasteiger partial charge in [-0.15, -0.1) is 0 Å². The molecule has 0 amide bonds. The molecular weight excluding hydrogens is 102 g/mol. The monoisotopic (exact) mass is 115 g/mol. The lowest BCUT2D eigenvalue weighted by atomic mass is 10.1. The van der Waals surface area contributed by atoms with Gasteiger partial charge in [-0.2, -0.15) is 0 Å². The smallest absolute Gasteiger partial charge is 0.0581 e. The van der Waals surface area contributed by atoms with Crippen LogP contribution >= 0.6 is 0 Å². The molecule has 0 radical (unpaired) electrons. The van der Waals surface area contributed by atoms with Gasteiger partial charge >= 0.3 is 0 Å². The van der Waals surface area contributed by atoms with Crippen LogP contribution in [0.25, 0.3) is 0 Å². The van der Waals surface area contributed by atoms with Crippen molar-refractivity contribution in [1.29, 1.82) is 0 Å². The Morgan fingerprint density at radius 1 is 1.50 bits per heavy atom. The molecule has 3 unspecified atom stereocenters. The highest BCUT2D eigenvalue weighted by Gasteiger charge is 2.26. The van der Waals surface area contributed by atoms with Crippen molar-refractivity contribution in [3.05, 3.63) is 0 Å². The maximum atomic E-state index is 9.09. The molecule has 3 atom stereocenters. The number of hydrogen-bond donors (Lipinski definition) is 2. The summed E-state index contributed by atoms with van der Waals surface area (Å²) in [6.07, 6.45) is 1.65. The van der Waals surface area contributed by atoms with Crippen LogP contribution in [0.15, 0.2) is 0 Å². The molecule has 2 heteroatoms. The van der Waals surface area contributed by atoms with Gasteiger partial charge in [0.05, 0.1) is 6.10 Å². The zero-order chi connectivity index (χ0) is 6.15. The quantitative estimate of drug-likeness (QED) is 0.470. The van der Waals surface area contributed by atoms with E-state index in [1.807, 2.05) is 6.92 Å². The highest BCUT2D eigenvalue weighted by atomic mass is 16.3. The Kier molecular flexibility index (Phi) is 1.54. The third-order valence-electron chi connectivity index (χ3n) is 1.88. The van der Waals surface area contributed by atoms with Crippen molar-refractivity contribution < 1.29 is 5.11 Å². The number of rotatable bonds is 0. The van der Waals surface area contributed by atoms with Gasteiger partial charge in [0.1, 0.15) is 0 Å². The van der Waals surface area contributed by atoms with Crippen LogP contribution in [0.4, 0.5) is 0 Å². The van der Waals surface area contributed by atoms with Gasteiger partial charge in [-0.3, -0.25) is 0 Å². The van der Waals surface area contributed by atoms with Crippen LogP contribution in [0.3, 0.4) is 0 Å². The van der Waals surface area contributed by atoms with Crippen LogP contribution in [0.1, 0.15) is 19.8 Å². The molecule has 0 saturated heterocycles. The molecule has 3 N–H and O–H groups in total. The first-order valence-electron chi connectivity index (χ1n) is 3.14. The fourth-order valence-electron chi connectivity index (χ4n) is 1.27. The molecular formula is C6H13NO. The highest BCUT2D eigenvalue weighted by molar-refractivity contribution is 4.82. The standard InChI is InChI=1S/C6H13NO/c1-4-2-5(7)3-6(4)8/h4-6,8H,2-3,7H2,1H3. The molecule has 0 bridgehead atoms. The normalized spacial score (nSPS) is 47.6. The van der Waals surface area contributed by atoms with Crippen LogP contribution in [0.2, 0.25) is 0 Å². The first-order chi connectivity index (χ1) is 3.70. The van der Waals surface area contributed by atoms with Crippen molar-refractivity contribution in [2.24, 2.45) is 11.7 Å². The van der Waals surface area contributed by atoms with E-state index in [2.05, 4.69) is 0 Å². The van der Waals surface area contributed by atoms with Gasteiger partial charge in [0.15, 0.2) is 0 Å². The molecule has 8 heavy (non-hydrogen) atoms. The minimum Gasteiger partial charge on any atom is -0.393 e. The van der Waals surface area contributed by atoms with Crippen LogP contribution < -0.4 is 5.73 Å². The Balaban J connectivity index is 2.39. The average molecular weight is 115 g/mol. The van der Waals surface area contributed by atoms with Crippen molar-refractivity contribution >= 4 is 0 Å². The molecule has 0 aliphatic heterocycles. The highest BCUT2D eigenvalue weighted by Crippen LogP contribution is 2.23. The van der Waals surface area contributed by atoms with Gasteiger partial charge in [-0.05, 0) is 18.8 Å². The largest absolute Gasteiger partial charge is 0.393 e. The maximum Gasteiger partial charge on any atom is 0.0581 e. The van der Waals surface area contributed by atoms with Gasteiger partial charge < -0.3 is 10.8 Å². The molecule has 0 heterocycles. The summed E-state index contributed by atoms with van der Waals surface area (Å²) in [4.78, 5) is 0. The first-order valence-corrected chi connectivity index (χ1v) is 3.14. The third-order valence-corrected chi connectivity index (χ3v) is 1.88. The number of nitrogens with two attached hydrogens (primary N) is 1. The summed E-state index contributed by atoms with van der Waals surface area (Å²) in [6.45, 7) is 2.04. The predicted octanol–water partition coefficient (Wildman–Crippen LogP) is 0.104. The molecule has 0 aromatic rings. The average Bonchev–Trinajstić information content (AvgIpc) is 1.85. The van der Waals surface area contributed by atoms with Crippen LogP contribution in [-0.4, -0.2) is 17.3 Å². The molecule has 1 aliphatic rings. The number of aliphatic hydroxyl groups is 1. The molecule has 48 valence electrons. The molecule has 1 fully saturated rings. The van der Waals surface area contributed by atoms with Crippen LogP contribution in [0.5, 0.6) is 0 Å². The van der Waals surface area contributed by atoms with Crippen molar-refractivity contribution in [2.75, 3.05) is 0 Å². The van der Waals surface area contributed by atoms with Crippen molar-refractivity contribution in [1.82, 2.24) is 0 Å². The van der Waals surface area contributed by atoms with Gasteiger partial charge in [-0.25, -0.2) is 0 Å². The van der Waals surface area contributed by atoms with E-state index in [1.54, 1.807) is 0 Å². The van der Waals surface area contributed by atoms with E-state index >= 15 is 0 Å². The molecule has 1 saturated carbocycles. The van der Waals surface area contributed by atoms with E-state index in [-0.39, 0.29) is 12.1 Å². The zero-order valence-electron chi connectivity index (χ0n) is 5.17. The second-order valence-electron chi connectivity index (χ2n) is 2.78. The van der Waals surface area contributed by atoms with Gasteiger partial charge in [0, 0.05) is 6.04 Å². The van der Waals surface area contributed by atoms with Crippen LogP contribution in [-0.2, 0) is 0 Å². The Hall–Kier alpha value is -0.0800. The van der Waals surface area contributed by atoms with E-state index in [0.717, 1.165) is 12.8 Å². The van der Waals surface area contributed by atoms with Crippen molar-refractivity contribution in [3.63, 3.8) is 0 Å². The van der Waals surface area contributed by atoms with E-state index in [4.69, 9.17) is 10.8 Å². The van der Waals surface area contributed by atoms with Crippen LogP contribution in [0, 0.1) is 5.92 Å². The number of aliphatic hydroxyl groups excluding tert-OH is 1. The lowest BCUT2D eigenvalue weighted by molar-refractivity contribution is 0.141. The summed E-state index contributed by atoms with van der Waals surface area (Å²) in [5, 5.41) is 9.09. The van der Waals surface area contributed by atoms with Gasteiger partial charge in [0.2, 0.25) is 0 Å². The van der Waals surface area contributed by atoms with E-state index in [9.17, 15) is 0 Å². The minimum atomic E-state index is -0.134. The van der Waals surface area contributed by atoms with Crippen molar-refractivity contribution in [2.45, 2.75) is 31.9 Å². The van der Waals surface area contributed by atoms with E-state index in [0.29, 0.717) is 5.92 Å². The summed E-state index contributed by atoms with van der Waals surface area (Å²) in [5.74, 6) is 0.421. The van der Waals surface area contributed by atoms with E-state index < -0.39 is 0 Å². The molecule has 0 aromatic carbocycles. The fourth-order valence-corrected chi connectivity index (χ4v) is 1.27. The topological polar surface area (TPSA) is 46.2 Å². The third kappa shape index (κ3) is 1.01. The second-order valence-corrected chi connectivity index (χ2v) is 2.78. The van der Waals surface area contributed by atoms with Gasteiger partial charge in [-0.1, -0.05) is 6.92 Å². The fraction of sp³-hybridized carbons (Fsp3) is 1.00. The Bertz CT molecular complexity index is 74.6. The van der Waals surface area contributed by atoms with E-state index in [1.165, 1.54) is 0 Å².